The zero-order chi connectivity index (χ0) is 15.8. The van der Waals surface area contributed by atoms with Gasteiger partial charge in [0.05, 0.1) is 5.56 Å². The zero-order valence-corrected chi connectivity index (χ0v) is 12.2. The van der Waals surface area contributed by atoms with Crippen molar-refractivity contribution in [3.63, 3.8) is 0 Å². The Labute approximate surface area is 132 Å². The largest absolute Gasteiger partial charge is 0.399 e. The van der Waals surface area contributed by atoms with Gasteiger partial charge in [0.2, 0.25) is 0 Å². The summed E-state index contributed by atoms with van der Waals surface area (Å²) in [6.45, 7) is 0. The van der Waals surface area contributed by atoms with Gasteiger partial charge in [0.1, 0.15) is 11.3 Å². The Kier molecular flexibility index (Phi) is 2.94. The topological polar surface area (TPSA) is 95.6 Å². The minimum absolute atomic E-state index is 0.430. The molecule has 0 radical (unpaired) electrons. The van der Waals surface area contributed by atoms with E-state index in [-0.39, 0.29) is 0 Å². The summed E-state index contributed by atoms with van der Waals surface area (Å²) >= 11 is 0. The van der Waals surface area contributed by atoms with Crippen LogP contribution < -0.4 is 11.5 Å². The molecule has 4 aromatic rings. The van der Waals surface area contributed by atoms with Crippen LogP contribution in [0, 0.1) is 0 Å². The number of nitrogen functional groups attached to an aromatic ring is 2. The third kappa shape index (κ3) is 2.17. The van der Waals surface area contributed by atoms with E-state index in [1.807, 2.05) is 53.1 Å². The van der Waals surface area contributed by atoms with Crippen molar-refractivity contribution in [2.45, 2.75) is 0 Å². The molecule has 1 aromatic carbocycles. The molecule has 0 amide bonds. The zero-order valence-electron chi connectivity index (χ0n) is 12.2. The van der Waals surface area contributed by atoms with Crippen LogP contribution in [0.1, 0.15) is 0 Å². The third-order valence-corrected chi connectivity index (χ3v) is 3.65. The number of imidazole rings is 1. The number of anilines is 2. The molecule has 0 aliphatic carbocycles. The van der Waals surface area contributed by atoms with Crippen molar-refractivity contribution in [2.75, 3.05) is 11.5 Å². The van der Waals surface area contributed by atoms with E-state index in [0.717, 1.165) is 22.4 Å². The number of fused-ring (bicyclic) bond motifs is 1. The smallest absolute Gasteiger partial charge is 0.164 e. The molecule has 0 saturated carbocycles. The first-order chi connectivity index (χ1) is 11.2. The quantitative estimate of drug-likeness (QED) is 0.555. The Balaban J connectivity index is 2.06. The predicted octanol–water partition coefficient (Wildman–Crippen LogP) is 2.65. The van der Waals surface area contributed by atoms with E-state index < -0.39 is 0 Å². The van der Waals surface area contributed by atoms with E-state index >= 15 is 0 Å². The second-order valence-corrected chi connectivity index (χ2v) is 5.14. The summed E-state index contributed by atoms with van der Waals surface area (Å²) in [7, 11) is 0. The Bertz CT molecular complexity index is 988. The monoisotopic (exact) mass is 302 g/mol. The molecule has 0 saturated heterocycles. The fourth-order valence-electron chi connectivity index (χ4n) is 2.57. The molecule has 6 nitrogen and oxygen atoms in total. The third-order valence-electron chi connectivity index (χ3n) is 3.65. The SMILES string of the molecule is Nc1ccc(-n2c(-c3cccnc3N)nc3cccnc32)cc1. The van der Waals surface area contributed by atoms with Crippen LogP contribution in [0.4, 0.5) is 11.5 Å². The lowest BCUT2D eigenvalue weighted by molar-refractivity contribution is 1.07. The highest BCUT2D eigenvalue weighted by atomic mass is 15.1. The Morgan fingerprint density at radius 3 is 2.35 bits per heavy atom. The first kappa shape index (κ1) is 13.3. The highest BCUT2D eigenvalue weighted by molar-refractivity contribution is 5.82. The standard InChI is InChI=1S/C17H14N6/c18-11-5-7-12(8-6-11)23-16(13-3-1-9-20-15(13)19)22-14-4-2-10-21-17(14)23/h1-10H,18H2,(H2,19,20). The van der Waals surface area contributed by atoms with Gasteiger partial charge < -0.3 is 11.5 Å². The minimum atomic E-state index is 0.430. The summed E-state index contributed by atoms with van der Waals surface area (Å²) in [5.74, 6) is 1.13. The van der Waals surface area contributed by atoms with E-state index in [1.54, 1.807) is 12.4 Å². The van der Waals surface area contributed by atoms with Crippen molar-refractivity contribution in [1.82, 2.24) is 19.5 Å². The number of hydrogen-bond donors (Lipinski definition) is 2. The molecule has 0 unspecified atom stereocenters. The second kappa shape index (κ2) is 5.10. The molecule has 0 atom stereocenters. The van der Waals surface area contributed by atoms with Gasteiger partial charge in [-0.1, -0.05) is 0 Å². The number of rotatable bonds is 2. The molecule has 3 aromatic heterocycles. The lowest BCUT2D eigenvalue weighted by Gasteiger charge is -2.10. The van der Waals surface area contributed by atoms with Crippen molar-refractivity contribution >= 4 is 22.7 Å². The molecule has 4 rings (SSSR count). The lowest BCUT2D eigenvalue weighted by Crippen LogP contribution is -2.02. The predicted molar refractivity (Wildman–Crippen MR) is 90.9 cm³/mol. The van der Waals surface area contributed by atoms with Crippen molar-refractivity contribution in [3.8, 4) is 17.1 Å². The first-order valence-electron chi connectivity index (χ1n) is 7.14. The average Bonchev–Trinajstić information content (AvgIpc) is 2.95. The highest BCUT2D eigenvalue weighted by Crippen LogP contribution is 2.30. The van der Waals surface area contributed by atoms with Gasteiger partial charge in [-0.05, 0) is 48.5 Å². The van der Waals surface area contributed by atoms with Gasteiger partial charge in [0.25, 0.3) is 0 Å². The Morgan fingerprint density at radius 1 is 0.826 bits per heavy atom. The van der Waals surface area contributed by atoms with Gasteiger partial charge >= 0.3 is 0 Å². The number of aromatic nitrogens is 4. The summed E-state index contributed by atoms with van der Waals surface area (Å²) < 4.78 is 1.96. The van der Waals surface area contributed by atoms with Crippen molar-refractivity contribution in [3.05, 3.63) is 60.9 Å². The summed E-state index contributed by atoms with van der Waals surface area (Å²) in [4.78, 5) is 13.3. The number of nitrogens with zero attached hydrogens (tertiary/aromatic N) is 4. The fraction of sp³-hybridized carbons (Fsp3) is 0. The van der Waals surface area contributed by atoms with Crippen LogP contribution in [0.25, 0.3) is 28.2 Å². The van der Waals surface area contributed by atoms with Crippen LogP contribution >= 0.6 is 0 Å². The normalized spacial score (nSPS) is 11.0. The van der Waals surface area contributed by atoms with Crippen molar-refractivity contribution < 1.29 is 0 Å². The molecule has 0 aliphatic rings. The van der Waals surface area contributed by atoms with Gasteiger partial charge in [0, 0.05) is 23.8 Å². The molecule has 6 heteroatoms. The fourth-order valence-corrected chi connectivity index (χ4v) is 2.57. The van der Waals surface area contributed by atoms with Gasteiger partial charge in [0.15, 0.2) is 11.5 Å². The molecule has 0 fully saturated rings. The molecule has 4 N–H and O–H groups in total. The summed E-state index contributed by atoms with van der Waals surface area (Å²) in [5.41, 5.74) is 15.8. The van der Waals surface area contributed by atoms with Crippen LogP contribution in [-0.4, -0.2) is 19.5 Å². The van der Waals surface area contributed by atoms with Crippen LogP contribution in [-0.2, 0) is 0 Å². The summed E-state index contributed by atoms with van der Waals surface area (Å²) in [6, 6.07) is 15.1. The number of nitrogens with two attached hydrogens (primary N) is 2. The molecule has 0 aliphatic heterocycles. The van der Waals surface area contributed by atoms with E-state index in [0.29, 0.717) is 17.3 Å². The molecule has 112 valence electrons. The maximum absolute atomic E-state index is 6.04. The van der Waals surface area contributed by atoms with E-state index in [4.69, 9.17) is 16.5 Å². The minimum Gasteiger partial charge on any atom is -0.399 e. The molecular formula is C17H14N6. The Hall–Kier alpha value is -3.41. The summed E-state index contributed by atoms with van der Waals surface area (Å²) in [6.07, 6.45) is 3.40. The average molecular weight is 302 g/mol. The maximum atomic E-state index is 6.04. The molecular weight excluding hydrogens is 288 g/mol. The van der Waals surface area contributed by atoms with E-state index in [2.05, 4.69) is 9.97 Å². The Morgan fingerprint density at radius 2 is 1.57 bits per heavy atom. The molecule has 0 spiro atoms. The number of benzene rings is 1. The van der Waals surface area contributed by atoms with Gasteiger partial charge in [-0.3, -0.25) is 4.57 Å². The second-order valence-electron chi connectivity index (χ2n) is 5.14. The maximum Gasteiger partial charge on any atom is 0.164 e. The number of pyridine rings is 2. The lowest BCUT2D eigenvalue weighted by atomic mass is 10.2. The van der Waals surface area contributed by atoms with Crippen LogP contribution in [0.3, 0.4) is 0 Å². The van der Waals surface area contributed by atoms with E-state index in [9.17, 15) is 0 Å². The van der Waals surface area contributed by atoms with Crippen molar-refractivity contribution in [2.24, 2.45) is 0 Å². The molecule has 0 bridgehead atoms. The van der Waals surface area contributed by atoms with Gasteiger partial charge in [-0.25, -0.2) is 15.0 Å². The summed E-state index contributed by atoms with van der Waals surface area (Å²) in [5, 5.41) is 0. The van der Waals surface area contributed by atoms with Crippen LogP contribution in [0.15, 0.2) is 60.9 Å². The van der Waals surface area contributed by atoms with Crippen molar-refractivity contribution in [1.29, 1.82) is 0 Å². The highest BCUT2D eigenvalue weighted by Gasteiger charge is 2.17. The first-order valence-corrected chi connectivity index (χ1v) is 7.14. The number of hydrogen-bond acceptors (Lipinski definition) is 5. The van der Waals surface area contributed by atoms with E-state index in [1.165, 1.54) is 0 Å². The van der Waals surface area contributed by atoms with Crippen LogP contribution in [0.2, 0.25) is 0 Å². The molecule has 3 heterocycles. The van der Waals surface area contributed by atoms with Crippen LogP contribution in [0.5, 0.6) is 0 Å². The molecule has 23 heavy (non-hydrogen) atoms. The van der Waals surface area contributed by atoms with Gasteiger partial charge in [-0.15, -0.1) is 0 Å². The van der Waals surface area contributed by atoms with Gasteiger partial charge in [-0.2, -0.15) is 0 Å².